The van der Waals surface area contributed by atoms with Crippen LogP contribution >= 0.6 is 11.6 Å². The lowest BCUT2D eigenvalue weighted by atomic mass is 10.0. The minimum atomic E-state index is -0.737. The third kappa shape index (κ3) is 3.93. The number of hydrogen-bond acceptors (Lipinski definition) is 3. The number of imide groups is 1. The summed E-state index contributed by atoms with van der Waals surface area (Å²) in [6, 6.07) is 14.5. The Hall–Kier alpha value is -2.66. The summed E-state index contributed by atoms with van der Waals surface area (Å²) in [5, 5.41) is 4.53. The van der Waals surface area contributed by atoms with Gasteiger partial charge in [0.1, 0.15) is 5.88 Å². The van der Waals surface area contributed by atoms with Crippen LogP contribution in [0.1, 0.15) is 15.9 Å². The van der Waals surface area contributed by atoms with Crippen molar-refractivity contribution in [2.75, 3.05) is 11.2 Å². The van der Waals surface area contributed by atoms with Gasteiger partial charge < -0.3 is 5.32 Å². The number of amides is 3. The summed E-state index contributed by atoms with van der Waals surface area (Å²) in [6.45, 7) is 0. The van der Waals surface area contributed by atoms with Gasteiger partial charge in [-0.3, -0.25) is 14.9 Å². The first-order chi connectivity index (χ1) is 10.6. The molecule has 2 aromatic rings. The van der Waals surface area contributed by atoms with Crippen LogP contribution in [0.2, 0.25) is 0 Å². The molecule has 0 heterocycles. The summed E-state index contributed by atoms with van der Waals surface area (Å²) in [7, 11) is 0. The van der Waals surface area contributed by atoms with Gasteiger partial charge in [-0.05, 0) is 12.1 Å². The molecule has 2 aromatic carbocycles. The summed E-state index contributed by atoms with van der Waals surface area (Å²) < 4.78 is 0. The zero-order valence-electron chi connectivity index (χ0n) is 11.5. The molecule has 112 valence electrons. The Kier molecular flexibility index (Phi) is 5.27. The Morgan fingerprint density at radius 2 is 1.55 bits per heavy atom. The highest BCUT2D eigenvalue weighted by Crippen LogP contribution is 2.19. The number of hydrogen-bond donors (Lipinski definition) is 2. The Bertz CT molecular complexity index is 702. The topological polar surface area (TPSA) is 75.3 Å². The molecule has 0 spiro atoms. The number of urea groups is 1. The van der Waals surface area contributed by atoms with E-state index < -0.39 is 11.9 Å². The van der Waals surface area contributed by atoms with Gasteiger partial charge in [0.2, 0.25) is 5.91 Å². The second-order valence-electron chi connectivity index (χ2n) is 4.38. The number of carbonyl (C=O) groups excluding carboxylic acids is 3. The normalized spacial score (nSPS) is 9.86. The molecule has 0 aliphatic heterocycles. The van der Waals surface area contributed by atoms with Crippen LogP contribution in [-0.2, 0) is 4.79 Å². The molecule has 2 rings (SSSR count). The number of halogens is 1. The molecule has 0 unspecified atom stereocenters. The number of anilines is 1. The highest BCUT2D eigenvalue weighted by molar-refractivity contribution is 6.28. The van der Waals surface area contributed by atoms with E-state index in [0.29, 0.717) is 16.8 Å². The quantitative estimate of drug-likeness (QED) is 0.672. The van der Waals surface area contributed by atoms with Crippen LogP contribution in [-0.4, -0.2) is 23.6 Å². The van der Waals surface area contributed by atoms with Crippen molar-refractivity contribution >= 4 is 35.0 Å². The van der Waals surface area contributed by atoms with E-state index in [0.717, 1.165) is 0 Å². The maximum Gasteiger partial charge on any atom is 0.325 e. The van der Waals surface area contributed by atoms with Gasteiger partial charge in [0.25, 0.3) is 0 Å². The molecule has 0 bridgehead atoms. The van der Waals surface area contributed by atoms with Crippen molar-refractivity contribution in [1.29, 1.82) is 0 Å². The third-order valence-electron chi connectivity index (χ3n) is 2.83. The maximum absolute atomic E-state index is 12.5. The lowest BCUT2D eigenvalue weighted by Crippen LogP contribution is -2.35. The van der Waals surface area contributed by atoms with E-state index in [1.807, 2.05) is 6.07 Å². The Morgan fingerprint density at radius 3 is 2.23 bits per heavy atom. The van der Waals surface area contributed by atoms with E-state index >= 15 is 0 Å². The summed E-state index contributed by atoms with van der Waals surface area (Å²) in [5.41, 5.74) is 1.16. The predicted octanol–water partition coefficient (Wildman–Crippen LogP) is 2.80. The van der Waals surface area contributed by atoms with Crippen LogP contribution in [0.25, 0.3) is 0 Å². The summed E-state index contributed by atoms with van der Waals surface area (Å²) in [6.07, 6.45) is 0. The second-order valence-corrected chi connectivity index (χ2v) is 4.64. The first-order valence-electron chi connectivity index (χ1n) is 6.47. The van der Waals surface area contributed by atoms with Crippen LogP contribution < -0.4 is 10.6 Å². The Morgan fingerprint density at radius 1 is 0.909 bits per heavy atom. The van der Waals surface area contributed by atoms with Gasteiger partial charge in [0.05, 0.1) is 5.69 Å². The van der Waals surface area contributed by atoms with Crippen molar-refractivity contribution in [1.82, 2.24) is 5.32 Å². The first kappa shape index (κ1) is 15.7. The maximum atomic E-state index is 12.5. The number of benzene rings is 2. The highest BCUT2D eigenvalue weighted by Gasteiger charge is 2.15. The second kappa shape index (κ2) is 7.38. The van der Waals surface area contributed by atoms with Gasteiger partial charge in [0.15, 0.2) is 5.78 Å². The summed E-state index contributed by atoms with van der Waals surface area (Å²) in [4.78, 5) is 35.2. The van der Waals surface area contributed by atoms with E-state index in [9.17, 15) is 14.4 Å². The number of carbonyl (C=O) groups is 3. The summed E-state index contributed by atoms with van der Waals surface area (Å²) in [5.74, 6) is -1.16. The molecule has 0 saturated carbocycles. The van der Waals surface area contributed by atoms with Crippen LogP contribution in [0.3, 0.4) is 0 Å². The molecule has 0 aliphatic carbocycles. The lowest BCUT2D eigenvalue weighted by Gasteiger charge is -2.10. The molecule has 0 saturated heterocycles. The zero-order valence-corrected chi connectivity index (χ0v) is 12.3. The molecule has 2 N–H and O–H groups in total. The molecule has 0 aromatic heterocycles. The van der Waals surface area contributed by atoms with Crippen molar-refractivity contribution < 1.29 is 14.4 Å². The van der Waals surface area contributed by atoms with E-state index in [2.05, 4.69) is 10.6 Å². The van der Waals surface area contributed by atoms with Crippen LogP contribution in [0.5, 0.6) is 0 Å². The Labute approximate surface area is 132 Å². The molecule has 3 amide bonds. The predicted molar refractivity (Wildman–Crippen MR) is 84.2 cm³/mol. The molecule has 0 atom stereocenters. The number of ketones is 1. The van der Waals surface area contributed by atoms with Crippen LogP contribution in [0, 0.1) is 0 Å². The number of nitrogens with one attached hydrogen (secondary N) is 2. The molecular weight excluding hydrogens is 304 g/mol. The van der Waals surface area contributed by atoms with Crippen molar-refractivity contribution in [3.63, 3.8) is 0 Å². The van der Waals surface area contributed by atoms with E-state index in [1.165, 1.54) is 0 Å². The van der Waals surface area contributed by atoms with E-state index in [-0.39, 0.29) is 11.7 Å². The highest BCUT2D eigenvalue weighted by atomic mass is 35.5. The van der Waals surface area contributed by atoms with Crippen molar-refractivity contribution in [2.45, 2.75) is 0 Å². The van der Waals surface area contributed by atoms with E-state index in [1.54, 1.807) is 48.5 Å². The van der Waals surface area contributed by atoms with Gasteiger partial charge in [-0.1, -0.05) is 42.5 Å². The number of rotatable bonds is 4. The number of alkyl halides is 1. The first-order valence-corrected chi connectivity index (χ1v) is 7.01. The number of para-hydroxylation sites is 1. The molecule has 0 fully saturated rings. The smallest absolute Gasteiger partial charge is 0.307 e. The summed E-state index contributed by atoms with van der Waals surface area (Å²) >= 11 is 5.31. The van der Waals surface area contributed by atoms with Crippen molar-refractivity contribution in [2.24, 2.45) is 0 Å². The molecular formula is C16H13ClN2O3. The van der Waals surface area contributed by atoms with Gasteiger partial charge in [-0.15, -0.1) is 11.6 Å². The lowest BCUT2D eigenvalue weighted by molar-refractivity contribution is -0.117. The average molecular weight is 317 g/mol. The molecule has 5 nitrogen and oxygen atoms in total. The van der Waals surface area contributed by atoms with Gasteiger partial charge in [-0.2, -0.15) is 0 Å². The van der Waals surface area contributed by atoms with Crippen LogP contribution in [0.4, 0.5) is 10.5 Å². The molecule has 0 radical (unpaired) electrons. The Balaban J connectivity index is 2.22. The fourth-order valence-corrected chi connectivity index (χ4v) is 1.92. The minimum Gasteiger partial charge on any atom is -0.307 e. The standard InChI is InChI=1S/C16H13ClN2O3/c17-10-14(20)19-16(22)18-13-9-5-4-8-12(13)15(21)11-6-2-1-3-7-11/h1-9H,10H2,(H2,18,19,20,22). The monoisotopic (exact) mass is 316 g/mol. The average Bonchev–Trinajstić information content (AvgIpc) is 2.55. The fraction of sp³-hybridized carbons (Fsp3) is 0.0625. The molecule has 0 aliphatic rings. The van der Waals surface area contributed by atoms with Crippen LogP contribution in [0.15, 0.2) is 54.6 Å². The third-order valence-corrected chi connectivity index (χ3v) is 3.07. The zero-order chi connectivity index (χ0) is 15.9. The van der Waals surface area contributed by atoms with Gasteiger partial charge >= 0.3 is 6.03 Å². The van der Waals surface area contributed by atoms with Gasteiger partial charge in [-0.25, -0.2) is 4.79 Å². The SMILES string of the molecule is O=C(CCl)NC(=O)Nc1ccccc1C(=O)c1ccccc1. The van der Waals surface area contributed by atoms with Crippen molar-refractivity contribution in [3.05, 3.63) is 65.7 Å². The molecule has 22 heavy (non-hydrogen) atoms. The largest absolute Gasteiger partial charge is 0.325 e. The molecule has 6 heteroatoms. The van der Waals surface area contributed by atoms with E-state index in [4.69, 9.17) is 11.6 Å². The fourth-order valence-electron chi connectivity index (χ4n) is 1.85. The minimum absolute atomic E-state index is 0.222. The van der Waals surface area contributed by atoms with Gasteiger partial charge in [0, 0.05) is 11.1 Å². The van der Waals surface area contributed by atoms with Crippen molar-refractivity contribution in [3.8, 4) is 0 Å².